The van der Waals surface area contributed by atoms with Gasteiger partial charge in [0.25, 0.3) is 0 Å². The first kappa shape index (κ1) is 22.8. The number of aromatic nitrogens is 1. The molecule has 36 heavy (non-hydrogen) atoms. The Morgan fingerprint density at radius 2 is 1.72 bits per heavy atom. The third-order valence-electron chi connectivity index (χ3n) is 6.96. The smallest absolute Gasteiger partial charge is 0.172 e. The molecule has 3 heterocycles. The van der Waals surface area contributed by atoms with Gasteiger partial charge in [-0.2, -0.15) is 0 Å². The van der Waals surface area contributed by atoms with Gasteiger partial charge >= 0.3 is 0 Å². The van der Waals surface area contributed by atoms with Crippen molar-refractivity contribution in [2.75, 3.05) is 26.2 Å². The summed E-state index contributed by atoms with van der Waals surface area (Å²) < 4.78 is 18.6. The minimum absolute atomic E-state index is 0.130. The van der Waals surface area contributed by atoms with Crippen molar-refractivity contribution in [3.8, 4) is 23.0 Å². The lowest BCUT2D eigenvalue weighted by Crippen LogP contribution is -2.43. The summed E-state index contributed by atoms with van der Waals surface area (Å²) in [5.74, 6) is 3.32. The Bertz CT molecular complexity index is 1340. The lowest BCUT2D eigenvalue weighted by molar-refractivity contribution is 0.0399. The average Bonchev–Trinajstić information content (AvgIpc) is 2.92. The Balaban J connectivity index is 1.01. The molecule has 1 atom stereocenters. The fourth-order valence-corrected chi connectivity index (χ4v) is 5.10. The van der Waals surface area contributed by atoms with Crippen molar-refractivity contribution in [1.82, 2.24) is 9.88 Å². The first-order chi connectivity index (χ1) is 17.7. The molecule has 0 aliphatic carbocycles. The highest BCUT2D eigenvalue weighted by atomic mass is 16.5. The number of rotatable bonds is 7. The third kappa shape index (κ3) is 4.87. The number of para-hydroxylation sites is 2. The molecule has 0 amide bonds. The van der Waals surface area contributed by atoms with Crippen LogP contribution in [0.5, 0.6) is 23.0 Å². The van der Waals surface area contributed by atoms with Crippen LogP contribution in [0.1, 0.15) is 24.0 Å². The van der Waals surface area contributed by atoms with Gasteiger partial charge in [0, 0.05) is 43.2 Å². The molecule has 6 nitrogen and oxygen atoms in total. The highest BCUT2D eigenvalue weighted by molar-refractivity contribution is 5.84. The minimum Gasteiger partial charge on any atom is -0.490 e. The number of pyridine rings is 1. The van der Waals surface area contributed by atoms with Crippen molar-refractivity contribution < 1.29 is 19.3 Å². The second kappa shape index (κ2) is 10.2. The van der Waals surface area contributed by atoms with E-state index < -0.39 is 6.10 Å². The number of nitrogens with zero attached hydrogens (tertiary/aromatic N) is 2. The van der Waals surface area contributed by atoms with Crippen LogP contribution in [0, 0.1) is 0 Å². The predicted molar refractivity (Wildman–Crippen MR) is 139 cm³/mol. The number of piperidine rings is 1. The normalized spacial score (nSPS) is 16.6. The SMILES string of the molecule is OC(COc1cccc2ncccc12)CN1CCC(Oc2cccc3c2Oc2ccccc2C3)CC1. The molecule has 0 radical (unpaired) electrons. The van der Waals surface area contributed by atoms with Crippen LogP contribution in [0.25, 0.3) is 10.9 Å². The second-order valence-electron chi connectivity index (χ2n) is 9.54. The Labute approximate surface area is 211 Å². The van der Waals surface area contributed by atoms with Gasteiger partial charge in [-0.3, -0.25) is 4.98 Å². The molecule has 0 bridgehead atoms. The van der Waals surface area contributed by atoms with Gasteiger partial charge in [0.05, 0.1) is 5.52 Å². The molecule has 0 spiro atoms. The van der Waals surface area contributed by atoms with Crippen LogP contribution >= 0.6 is 0 Å². The zero-order valence-electron chi connectivity index (χ0n) is 20.2. The van der Waals surface area contributed by atoms with E-state index in [1.165, 1.54) is 5.56 Å². The third-order valence-corrected chi connectivity index (χ3v) is 6.96. The summed E-state index contributed by atoms with van der Waals surface area (Å²) in [6.07, 6.45) is 4.00. The van der Waals surface area contributed by atoms with E-state index in [1.807, 2.05) is 60.7 Å². The van der Waals surface area contributed by atoms with E-state index in [4.69, 9.17) is 14.2 Å². The number of aliphatic hydroxyl groups is 1. The summed E-state index contributed by atoms with van der Waals surface area (Å²) in [6, 6.07) is 24.0. The van der Waals surface area contributed by atoms with E-state index in [2.05, 4.69) is 22.0 Å². The van der Waals surface area contributed by atoms with Gasteiger partial charge in [0.2, 0.25) is 0 Å². The van der Waals surface area contributed by atoms with Gasteiger partial charge < -0.3 is 24.2 Å². The van der Waals surface area contributed by atoms with E-state index >= 15 is 0 Å². The van der Waals surface area contributed by atoms with Crippen LogP contribution in [0.15, 0.2) is 79.0 Å². The summed E-state index contributed by atoms with van der Waals surface area (Å²) >= 11 is 0. The highest BCUT2D eigenvalue weighted by Gasteiger charge is 2.26. The summed E-state index contributed by atoms with van der Waals surface area (Å²) in [6.45, 7) is 2.58. The number of benzene rings is 3. The molecule has 3 aromatic carbocycles. The summed E-state index contributed by atoms with van der Waals surface area (Å²) in [4.78, 5) is 6.65. The van der Waals surface area contributed by atoms with Gasteiger partial charge in [-0.05, 0) is 54.8 Å². The van der Waals surface area contributed by atoms with E-state index in [9.17, 15) is 5.11 Å². The van der Waals surface area contributed by atoms with Crippen LogP contribution in [-0.2, 0) is 6.42 Å². The number of ether oxygens (including phenoxy) is 3. The van der Waals surface area contributed by atoms with Crippen LogP contribution in [0.4, 0.5) is 0 Å². The molecule has 1 aromatic heterocycles. The van der Waals surface area contributed by atoms with Gasteiger partial charge in [0.15, 0.2) is 11.5 Å². The van der Waals surface area contributed by atoms with E-state index in [1.54, 1.807) is 6.20 Å². The number of fused-ring (bicyclic) bond motifs is 3. The molecular weight excluding hydrogens is 452 g/mol. The standard InChI is InChI=1S/C30H30N2O4/c33-23(20-34-28-11-4-9-26-25(28)8-5-15-31-26)19-32-16-13-24(14-17-32)35-29-12-3-7-22-18-21-6-1-2-10-27(21)36-30(22)29/h1-12,15,23-24,33H,13-14,16-20H2. The van der Waals surface area contributed by atoms with Crippen molar-refractivity contribution >= 4 is 10.9 Å². The number of β-amino-alcohol motifs (C(OH)–C–C–N with tert-alkyl or cyclic N) is 1. The van der Waals surface area contributed by atoms with Crippen molar-refractivity contribution in [3.63, 3.8) is 0 Å². The van der Waals surface area contributed by atoms with Crippen LogP contribution < -0.4 is 14.2 Å². The van der Waals surface area contributed by atoms with E-state index in [0.717, 1.165) is 71.8 Å². The minimum atomic E-state index is -0.566. The van der Waals surface area contributed by atoms with Gasteiger partial charge in [-0.25, -0.2) is 0 Å². The molecular formula is C30H30N2O4. The molecule has 2 aliphatic rings. The predicted octanol–water partition coefficient (Wildman–Crippen LogP) is 5.21. The lowest BCUT2D eigenvalue weighted by atomic mass is 10.00. The van der Waals surface area contributed by atoms with Gasteiger partial charge in [-0.1, -0.05) is 36.4 Å². The van der Waals surface area contributed by atoms with E-state index in [0.29, 0.717) is 6.54 Å². The number of aliphatic hydroxyl groups excluding tert-OH is 1. The summed E-state index contributed by atoms with van der Waals surface area (Å²) in [5.41, 5.74) is 3.25. The number of hydrogen-bond acceptors (Lipinski definition) is 6. The fraction of sp³-hybridized carbons (Fsp3) is 0.300. The van der Waals surface area contributed by atoms with Gasteiger partial charge in [0.1, 0.15) is 30.3 Å². The van der Waals surface area contributed by atoms with Crippen LogP contribution in [-0.4, -0.2) is 53.4 Å². The molecule has 4 aromatic rings. The maximum Gasteiger partial charge on any atom is 0.172 e. The number of likely N-dealkylation sites (tertiary alicyclic amines) is 1. The van der Waals surface area contributed by atoms with Crippen LogP contribution in [0.2, 0.25) is 0 Å². The van der Waals surface area contributed by atoms with Crippen molar-refractivity contribution in [1.29, 1.82) is 0 Å². The first-order valence-electron chi connectivity index (χ1n) is 12.6. The summed E-state index contributed by atoms with van der Waals surface area (Å²) in [5, 5.41) is 11.6. The number of hydrogen-bond donors (Lipinski definition) is 1. The van der Waals surface area contributed by atoms with Crippen molar-refractivity contribution in [3.05, 3.63) is 90.1 Å². The maximum absolute atomic E-state index is 10.6. The Hall–Kier alpha value is -3.61. The Kier molecular flexibility index (Phi) is 6.45. The molecule has 184 valence electrons. The van der Waals surface area contributed by atoms with Crippen LogP contribution in [0.3, 0.4) is 0 Å². The fourth-order valence-electron chi connectivity index (χ4n) is 5.10. The molecule has 6 rings (SSSR count). The first-order valence-corrected chi connectivity index (χ1v) is 12.6. The van der Waals surface area contributed by atoms with Crippen molar-refractivity contribution in [2.24, 2.45) is 0 Å². The maximum atomic E-state index is 10.6. The molecule has 0 saturated carbocycles. The zero-order valence-corrected chi connectivity index (χ0v) is 20.2. The van der Waals surface area contributed by atoms with Crippen molar-refractivity contribution in [2.45, 2.75) is 31.5 Å². The topological polar surface area (TPSA) is 64.1 Å². The highest BCUT2D eigenvalue weighted by Crippen LogP contribution is 2.42. The average molecular weight is 483 g/mol. The Morgan fingerprint density at radius 1 is 0.917 bits per heavy atom. The molecule has 1 saturated heterocycles. The monoisotopic (exact) mass is 482 g/mol. The molecule has 2 aliphatic heterocycles. The molecule has 1 unspecified atom stereocenters. The molecule has 1 fully saturated rings. The molecule has 6 heteroatoms. The summed E-state index contributed by atoms with van der Waals surface area (Å²) in [7, 11) is 0. The molecule has 1 N–H and O–H groups in total. The second-order valence-corrected chi connectivity index (χ2v) is 9.54. The largest absolute Gasteiger partial charge is 0.490 e. The lowest BCUT2D eigenvalue weighted by Gasteiger charge is -2.34. The van der Waals surface area contributed by atoms with E-state index in [-0.39, 0.29) is 12.7 Å². The zero-order chi connectivity index (χ0) is 24.3. The van der Waals surface area contributed by atoms with Gasteiger partial charge in [-0.15, -0.1) is 0 Å². The Morgan fingerprint density at radius 3 is 2.64 bits per heavy atom. The quantitative estimate of drug-likeness (QED) is 0.343.